The van der Waals surface area contributed by atoms with E-state index in [4.69, 9.17) is 10.2 Å². The molecule has 3 N–H and O–H groups in total. The normalized spacial score (nSPS) is 11.3. The van der Waals surface area contributed by atoms with E-state index < -0.39 is 11.7 Å². The summed E-state index contributed by atoms with van der Waals surface area (Å²) in [5, 5.41) is 2.85. The molecule has 20 heavy (non-hydrogen) atoms. The Bertz CT molecular complexity index is 609. The number of furan rings is 1. The van der Waals surface area contributed by atoms with E-state index in [1.807, 2.05) is 0 Å². The van der Waals surface area contributed by atoms with E-state index in [2.05, 4.69) is 17.5 Å². The predicted molar refractivity (Wildman–Crippen MR) is 73.4 cm³/mol. The number of nitrogens with one attached hydrogen (secondary N) is 1. The largest absolute Gasteiger partial charge is 0.467 e. The van der Waals surface area contributed by atoms with Crippen LogP contribution >= 0.6 is 12.2 Å². The van der Waals surface area contributed by atoms with Gasteiger partial charge in [-0.1, -0.05) is 12.2 Å². The Hall–Kier alpha value is -2.02. The number of thiocarbonyl (C=S) groups is 1. The Morgan fingerprint density at radius 1 is 1.30 bits per heavy atom. The molecule has 0 fully saturated rings. The summed E-state index contributed by atoms with van der Waals surface area (Å²) in [4.78, 5) is -0.282. The van der Waals surface area contributed by atoms with Gasteiger partial charge in [0, 0.05) is 11.3 Å². The molecule has 1 aromatic carbocycles. The van der Waals surface area contributed by atoms with E-state index >= 15 is 0 Å². The quantitative estimate of drug-likeness (QED) is 0.848. The van der Waals surface area contributed by atoms with Crippen LogP contribution < -0.4 is 11.1 Å². The van der Waals surface area contributed by atoms with Crippen LogP contribution in [0.4, 0.5) is 18.9 Å². The van der Waals surface area contributed by atoms with Crippen molar-refractivity contribution >= 4 is 22.9 Å². The molecular weight excluding hydrogens is 289 g/mol. The first-order valence-electron chi connectivity index (χ1n) is 5.65. The maximum atomic E-state index is 12.9. The average Bonchev–Trinajstić information content (AvgIpc) is 2.88. The Kier molecular flexibility index (Phi) is 3.99. The molecule has 3 nitrogen and oxygen atoms in total. The summed E-state index contributed by atoms with van der Waals surface area (Å²) >= 11 is 4.63. The van der Waals surface area contributed by atoms with Crippen molar-refractivity contribution in [3.8, 4) is 0 Å². The highest BCUT2D eigenvalue weighted by Gasteiger charge is 2.34. The van der Waals surface area contributed by atoms with Gasteiger partial charge in [0.05, 0.1) is 18.4 Å². The van der Waals surface area contributed by atoms with Crippen molar-refractivity contribution < 1.29 is 17.6 Å². The molecule has 1 heterocycles. The third-order valence-electron chi connectivity index (χ3n) is 2.64. The van der Waals surface area contributed by atoms with Gasteiger partial charge in [-0.15, -0.1) is 0 Å². The highest BCUT2D eigenvalue weighted by Crippen LogP contribution is 2.34. The van der Waals surface area contributed by atoms with Crippen molar-refractivity contribution in [1.82, 2.24) is 0 Å². The van der Waals surface area contributed by atoms with Gasteiger partial charge in [-0.2, -0.15) is 13.2 Å². The summed E-state index contributed by atoms with van der Waals surface area (Å²) in [6.45, 7) is 0.288. The molecule has 1 aromatic heterocycles. The van der Waals surface area contributed by atoms with Gasteiger partial charge in [0.15, 0.2) is 0 Å². The van der Waals surface area contributed by atoms with Crippen molar-refractivity contribution in [1.29, 1.82) is 0 Å². The lowest BCUT2D eigenvalue weighted by atomic mass is 10.1. The second-order valence-electron chi connectivity index (χ2n) is 4.06. The van der Waals surface area contributed by atoms with E-state index in [0.717, 1.165) is 6.07 Å². The minimum atomic E-state index is -4.51. The van der Waals surface area contributed by atoms with Crippen LogP contribution in [0.1, 0.15) is 16.9 Å². The lowest BCUT2D eigenvalue weighted by molar-refractivity contribution is -0.137. The Morgan fingerprint density at radius 2 is 2.05 bits per heavy atom. The van der Waals surface area contributed by atoms with Gasteiger partial charge in [0.1, 0.15) is 10.7 Å². The van der Waals surface area contributed by atoms with Crippen LogP contribution in [0.25, 0.3) is 0 Å². The van der Waals surface area contributed by atoms with Crippen molar-refractivity contribution in [3.05, 3.63) is 53.5 Å². The summed E-state index contributed by atoms with van der Waals surface area (Å²) in [6, 6.07) is 7.16. The Morgan fingerprint density at radius 3 is 2.60 bits per heavy atom. The van der Waals surface area contributed by atoms with Crippen molar-refractivity contribution in [2.75, 3.05) is 5.32 Å². The topological polar surface area (TPSA) is 51.2 Å². The molecular formula is C13H11F3N2OS. The second kappa shape index (κ2) is 5.54. The smallest absolute Gasteiger partial charge is 0.417 e. The number of halogens is 3. The third-order valence-corrected chi connectivity index (χ3v) is 2.86. The number of rotatable bonds is 4. The van der Waals surface area contributed by atoms with Gasteiger partial charge in [0.2, 0.25) is 0 Å². The van der Waals surface area contributed by atoms with E-state index in [1.165, 1.54) is 18.4 Å². The second-order valence-corrected chi connectivity index (χ2v) is 4.50. The molecule has 2 aromatic rings. The van der Waals surface area contributed by atoms with Crippen LogP contribution in [0, 0.1) is 0 Å². The van der Waals surface area contributed by atoms with Crippen LogP contribution in [0.2, 0.25) is 0 Å². The molecule has 106 valence electrons. The van der Waals surface area contributed by atoms with Crippen LogP contribution in [-0.4, -0.2) is 4.99 Å². The molecule has 0 aliphatic heterocycles. The minimum Gasteiger partial charge on any atom is -0.467 e. The third kappa shape index (κ3) is 3.30. The first-order valence-corrected chi connectivity index (χ1v) is 6.06. The molecule has 0 aliphatic carbocycles. The molecule has 0 saturated heterocycles. The number of alkyl halides is 3. The van der Waals surface area contributed by atoms with Gasteiger partial charge < -0.3 is 15.5 Å². The first kappa shape index (κ1) is 14.4. The fourth-order valence-electron chi connectivity index (χ4n) is 1.71. The van der Waals surface area contributed by atoms with Crippen LogP contribution in [0.3, 0.4) is 0 Å². The van der Waals surface area contributed by atoms with E-state index in [1.54, 1.807) is 12.1 Å². The molecule has 0 amide bonds. The SMILES string of the molecule is NC(=S)c1ccc(NCc2ccco2)cc1C(F)(F)F. The fourth-order valence-corrected chi connectivity index (χ4v) is 1.88. The summed E-state index contributed by atoms with van der Waals surface area (Å²) in [5.74, 6) is 0.622. The maximum Gasteiger partial charge on any atom is 0.417 e. The Labute approximate surface area is 118 Å². The van der Waals surface area contributed by atoms with Crippen molar-refractivity contribution in [2.24, 2.45) is 5.73 Å². The monoisotopic (exact) mass is 300 g/mol. The van der Waals surface area contributed by atoms with Crippen LogP contribution in [0.5, 0.6) is 0 Å². The molecule has 0 bridgehead atoms. The summed E-state index contributed by atoms with van der Waals surface area (Å²) in [5.41, 5.74) is 4.59. The molecule has 0 radical (unpaired) electrons. The molecule has 2 rings (SSSR count). The highest BCUT2D eigenvalue weighted by molar-refractivity contribution is 7.80. The number of anilines is 1. The molecule has 0 unspecified atom stereocenters. The number of nitrogens with two attached hydrogens (primary N) is 1. The van der Waals surface area contributed by atoms with Crippen LogP contribution in [0.15, 0.2) is 41.0 Å². The fraction of sp³-hybridized carbons (Fsp3) is 0.154. The van der Waals surface area contributed by atoms with E-state index in [0.29, 0.717) is 11.4 Å². The number of hydrogen-bond donors (Lipinski definition) is 2. The van der Waals surface area contributed by atoms with Gasteiger partial charge in [-0.05, 0) is 30.3 Å². The average molecular weight is 300 g/mol. The number of hydrogen-bond acceptors (Lipinski definition) is 3. The Balaban J connectivity index is 2.25. The predicted octanol–water partition coefficient (Wildman–Crippen LogP) is 3.54. The standard InChI is InChI=1S/C13H11F3N2OS/c14-13(15,16)11-6-8(3-4-10(11)12(17)20)18-7-9-2-1-5-19-9/h1-6,18H,7H2,(H2,17,20). The number of benzene rings is 1. The lowest BCUT2D eigenvalue weighted by Crippen LogP contribution is -2.18. The van der Waals surface area contributed by atoms with E-state index in [9.17, 15) is 13.2 Å². The summed E-state index contributed by atoms with van der Waals surface area (Å²) in [7, 11) is 0. The zero-order chi connectivity index (χ0) is 14.8. The minimum absolute atomic E-state index is 0.184. The lowest BCUT2D eigenvalue weighted by Gasteiger charge is -2.14. The molecule has 7 heteroatoms. The van der Waals surface area contributed by atoms with Gasteiger partial charge >= 0.3 is 6.18 Å². The molecule has 0 saturated carbocycles. The highest BCUT2D eigenvalue weighted by atomic mass is 32.1. The zero-order valence-corrected chi connectivity index (χ0v) is 11.0. The van der Waals surface area contributed by atoms with E-state index in [-0.39, 0.29) is 17.1 Å². The zero-order valence-electron chi connectivity index (χ0n) is 10.2. The maximum absolute atomic E-state index is 12.9. The summed E-state index contributed by atoms with van der Waals surface area (Å²) < 4.78 is 43.9. The first-order chi connectivity index (χ1) is 9.38. The van der Waals surface area contributed by atoms with Gasteiger partial charge in [-0.3, -0.25) is 0 Å². The molecule has 0 spiro atoms. The van der Waals surface area contributed by atoms with Gasteiger partial charge in [-0.25, -0.2) is 0 Å². The van der Waals surface area contributed by atoms with Crippen molar-refractivity contribution in [3.63, 3.8) is 0 Å². The summed E-state index contributed by atoms with van der Waals surface area (Å²) in [6.07, 6.45) is -3.02. The molecule has 0 atom stereocenters. The van der Waals surface area contributed by atoms with Crippen LogP contribution in [-0.2, 0) is 12.7 Å². The van der Waals surface area contributed by atoms with Crippen molar-refractivity contribution in [2.45, 2.75) is 12.7 Å². The molecule has 0 aliphatic rings. The van der Waals surface area contributed by atoms with Gasteiger partial charge in [0.25, 0.3) is 0 Å².